The van der Waals surface area contributed by atoms with Crippen LogP contribution in [0.4, 0.5) is 16.2 Å². The number of hydrogen-bond acceptors (Lipinski definition) is 11. The first-order chi connectivity index (χ1) is 23.7. The molecular formula is C35H42N6O6S2. The van der Waals surface area contributed by atoms with Crippen molar-refractivity contribution in [3.8, 4) is 22.8 Å². The Kier molecular flexibility index (Phi) is 12.7. The molecule has 260 valence electrons. The second kappa shape index (κ2) is 17.1. The van der Waals surface area contributed by atoms with Crippen molar-refractivity contribution in [3.05, 3.63) is 84.2 Å². The quantitative estimate of drug-likeness (QED) is 0.100. The van der Waals surface area contributed by atoms with Gasteiger partial charge in [-0.3, -0.25) is 5.32 Å². The summed E-state index contributed by atoms with van der Waals surface area (Å²) in [6.07, 6.45) is 0.567. The highest BCUT2D eigenvalue weighted by Crippen LogP contribution is 2.35. The van der Waals surface area contributed by atoms with Gasteiger partial charge < -0.3 is 29.0 Å². The zero-order chi connectivity index (χ0) is 34.9. The zero-order valence-electron chi connectivity index (χ0n) is 28.6. The van der Waals surface area contributed by atoms with Crippen LogP contribution in [0.15, 0.2) is 78.0 Å². The van der Waals surface area contributed by atoms with Gasteiger partial charge in [-0.2, -0.15) is 0 Å². The Morgan fingerprint density at radius 1 is 0.939 bits per heavy atom. The van der Waals surface area contributed by atoms with Gasteiger partial charge in [0.25, 0.3) is 0 Å². The van der Waals surface area contributed by atoms with E-state index in [1.807, 2.05) is 75.4 Å². The molecule has 1 saturated heterocycles. The van der Waals surface area contributed by atoms with E-state index in [4.69, 9.17) is 28.7 Å². The van der Waals surface area contributed by atoms with Gasteiger partial charge in [0.05, 0.1) is 24.6 Å². The highest BCUT2D eigenvalue weighted by atomic mass is 32.2. The smallest absolute Gasteiger partial charge is 0.325 e. The SMILES string of the molecule is COc1ccc(N=C(NC(=O)Nc2ccc(-c3ncn(-c4ccc(C)cc4)n3)cc2)SCS[C@@H]2O[C@@H](C)[C@H](OC)[C@@H](OC)[C@H]2OC)c(C)c1. The molecule has 2 heterocycles. The van der Waals surface area contributed by atoms with Crippen molar-refractivity contribution in [1.82, 2.24) is 20.1 Å². The first-order valence-electron chi connectivity index (χ1n) is 15.6. The third-order valence-electron chi connectivity index (χ3n) is 8.01. The molecule has 0 bridgehead atoms. The van der Waals surface area contributed by atoms with Crippen molar-refractivity contribution >= 4 is 46.1 Å². The highest BCUT2D eigenvalue weighted by Gasteiger charge is 2.45. The lowest BCUT2D eigenvalue weighted by Crippen LogP contribution is -2.57. The summed E-state index contributed by atoms with van der Waals surface area (Å²) in [6, 6.07) is 20.6. The number of methoxy groups -OCH3 is 4. The van der Waals surface area contributed by atoms with Crippen LogP contribution in [0.5, 0.6) is 5.75 Å². The number of benzene rings is 3. The third-order valence-corrected chi connectivity index (χ3v) is 10.2. The maximum atomic E-state index is 13.2. The fraction of sp³-hybridized carbons (Fsp3) is 0.371. The number of nitrogens with one attached hydrogen (secondary N) is 2. The molecule has 1 aromatic heterocycles. The molecule has 0 spiro atoms. The van der Waals surface area contributed by atoms with Gasteiger partial charge in [-0.25, -0.2) is 19.5 Å². The fourth-order valence-electron chi connectivity index (χ4n) is 5.37. The molecule has 12 nitrogen and oxygen atoms in total. The first kappa shape index (κ1) is 36.4. The van der Waals surface area contributed by atoms with E-state index in [1.165, 1.54) is 17.3 Å². The largest absolute Gasteiger partial charge is 0.497 e. The normalized spacial score (nSPS) is 21.0. The second-order valence-corrected chi connectivity index (χ2v) is 13.7. The maximum absolute atomic E-state index is 13.2. The summed E-state index contributed by atoms with van der Waals surface area (Å²) >= 11 is 2.92. The molecule has 1 aliphatic rings. The number of nitrogens with zero attached hydrogens (tertiary/aromatic N) is 4. The molecule has 3 aromatic carbocycles. The van der Waals surface area contributed by atoms with Crippen LogP contribution in [0.2, 0.25) is 0 Å². The molecule has 49 heavy (non-hydrogen) atoms. The summed E-state index contributed by atoms with van der Waals surface area (Å²) in [7, 11) is 6.54. The van der Waals surface area contributed by atoms with E-state index in [0.29, 0.717) is 27.5 Å². The van der Waals surface area contributed by atoms with E-state index in [9.17, 15) is 4.79 Å². The number of rotatable bonds is 11. The average molecular weight is 707 g/mol. The van der Waals surface area contributed by atoms with Crippen molar-refractivity contribution < 1.29 is 28.5 Å². The topological polar surface area (TPSA) is 130 Å². The number of urea groups is 1. The van der Waals surface area contributed by atoms with Gasteiger partial charge in [0.1, 0.15) is 35.8 Å². The standard InChI is InChI=1S/C35H42N6O6S2/c1-21-8-14-26(15-9-21)41-19-36-32(40-41)24-10-12-25(13-11-24)37-34(42)39-35(38-28-17-16-27(43-4)18-22(28)2)49-20-48-33-31(46-7)30(45-6)29(44-5)23(3)47-33/h8-19,23,29-31,33H,20H2,1-7H3,(H2,37,38,39,42)/t23-,29-,30+,31+,33-/m0/s1. The summed E-state index contributed by atoms with van der Waals surface area (Å²) in [6.45, 7) is 5.94. The van der Waals surface area contributed by atoms with Gasteiger partial charge in [-0.15, -0.1) is 16.9 Å². The molecule has 2 amide bonds. The van der Waals surface area contributed by atoms with E-state index < -0.39 is 6.03 Å². The monoisotopic (exact) mass is 706 g/mol. The Hall–Kier alpha value is -3.92. The first-order valence-corrected chi connectivity index (χ1v) is 17.6. The van der Waals surface area contributed by atoms with Crippen LogP contribution in [-0.4, -0.2) is 89.3 Å². The number of thioether (sulfide) groups is 2. The molecule has 0 saturated carbocycles. The Morgan fingerprint density at radius 3 is 2.31 bits per heavy atom. The van der Waals surface area contributed by atoms with E-state index in [0.717, 1.165) is 22.6 Å². The number of carbonyl (C=O) groups is 1. The van der Waals surface area contributed by atoms with Crippen LogP contribution >= 0.6 is 23.5 Å². The van der Waals surface area contributed by atoms with Crippen molar-refractivity contribution in [1.29, 1.82) is 0 Å². The van der Waals surface area contributed by atoms with Gasteiger partial charge >= 0.3 is 6.03 Å². The number of amidine groups is 1. The van der Waals surface area contributed by atoms with Gasteiger partial charge in [-0.1, -0.05) is 29.5 Å². The predicted molar refractivity (Wildman–Crippen MR) is 195 cm³/mol. The summed E-state index contributed by atoms with van der Waals surface area (Å²) in [5.74, 6) is 1.31. The Bertz CT molecular complexity index is 1720. The number of aryl methyl sites for hydroxylation is 2. The summed E-state index contributed by atoms with van der Waals surface area (Å²) < 4.78 is 30.5. The van der Waals surface area contributed by atoms with Gasteiger partial charge in [0, 0.05) is 37.7 Å². The molecule has 14 heteroatoms. The molecule has 5 atom stereocenters. The van der Waals surface area contributed by atoms with Crippen molar-refractivity contribution in [2.24, 2.45) is 4.99 Å². The molecule has 1 fully saturated rings. The van der Waals surface area contributed by atoms with Crippen LogP contribution < -0.4 is 15.4 Å². The number of amides is 2. The molecule has 0 aliphatic carbocycles. The number of carbonyl (C=O) groups excluding carboxylic acids is 1. The van der Waals surface area contributed by atoms with Gasteiger partial charge in [0.2, 0.25) is 0 Å². The van der Waals surface area contributed by atoms with Crippen LogP contribution in [0.1, 0.15) is 18.1 Å². The lowest BCUT2D eigenvalue weighted by Gasteiger charge is -2.43. The van der Waals surface area contributed by atoms with Crippen LogP contribution in [0.3, 0.4) is 0 Å². The van der Waals surface area contributed by atoms with Crippen LogP contribution in [-0.2, 0) is 18.9 Å². The molecule has 1 aliphatic heterocycles. The molecule has 0 radical (unpaired) electrons. The number of hydrogen-bond donors (Lipinski definition) is 2. The zero-order valence-corrected chi connectivity index (χ0v) is 30.2. The molecule has 0 unspecified atom stereocenters. The number of aliphatic imine (C=N–C) groups is 1. The van der Waals surface area contributed by atoms with Crippen LogP contribution in [0, 0.1) is 13.8 Å². The minimum atomic E-state index is -0.434. The van der Waals surface area contributed by atoms with Gasteiger partial charge in [0.15, 0.2) is 11.0 Å². The Balaban J connectivity index is 1.26. The molecule has 5 rings (SSSR count). The average Bonchev–Trinajstić information content (AvgIpc) is 3.59. The lowest BCUT2D eigenvalue weighted by molar-refractivity contribution is -0.216. The highest BCUT2D eigenvalue weighted by molar-refractivity contribution is 8.24. The minimum Gasteiger partial charge on any atom is -0.497 e. The number of ether oxygens (including phenoxy) is 5. The third kappa shape index (κ3) is 9.21. The number of aromatic nitrogens is 3. The lowest BCUT2D eigenvalue weighted by atomic mass is 10.0. The second-order valence-electron chi connectivity index (χ2n) is 11.3. The summed E-state index contributed by atoms with van der Waals surface area (Å²) in [5.41, 5.74) is 4.81. The van der Waals surface area contributed by atoms with E-state index in [2.05, 4.69) is 20.7 Å². The van der Waals surface area contributed by atoms with Crippen molar-refractivity contribution in [3.63, 3.8) is 0 Å². The Morgan fingerprint density at radius 2 is 1.65 bits per heavy atom. The van der Waals surface area contributed by atoms with Crippen molar-refractivity contribution in [2.45, 2.75) is 50.6 Å². The molecular weight excluding hydrogens is 665 g/mol. The predicted octanol–water partition coefficient (Wildman–Crippen LogP) is 6.58. The van der Waals surface area contributed by atoms with E-state index in [1.54, 1.807) is 63.3 Å². The van der Waals surface area contributed by atoms with Crippen molar-refractivity contribution in [2.75, 3.05) is 38.8 Å². The maximum Gasteiger partial charge on any atom is 0.325 e. The summed E-state index contributed by atoms with van der Waals surface area (Å²) in [4.78, 5) is 22.5. The number of anilines is 1. The molecule has 2 N–H and O–H groups in total. The van der Waals surface area contributed by atoms with E-state index >= 15 is 0 Å². The van der Waals surface area contributed by atoms with Gasteiger partial charge in [-0.05, 0) is 80.9 Å². The van der Waals surface area contributed by atoms with E-state index in [-0.39, 0.29) is 29.9 Å². The minimum absolute atomic E-state index is 0.200. The molecule has 4 aromatic rings. The fourth-order valence-corrected chi connectivity index (χ4v) is 7.66. The van der Waals surface area contributed by atoms with Crippen LogP contribution in [0.25, 0.3) is 17.1 Å². The summed E-state index contributed by atoms with van der Waals surface area (Å²) in [5, 5.41) is 11.4. The Labute approximate surface area is 295 Å².